The molecule has 1 aromatic heterocycles. The topological polar surface area (TPSA) is 59.2 Å². The van der Waals surface area contributed by atoms with Gasteiger partial charge in [0.15, 0.2) is 5.82 Å². The Labute approximate surface area is 94.5 Å². The summed E-state index contributed by atoms with van der Waals surface area (Å²) in [6.45, 7) is 6.39. The zero-order chi connectivity index (χ0) is 11.3. The van der Waals surface area contributed by atoms with Crippen molar-refractivity contribution in [3.63, 3.8) is 0 Å². The average molecular weight is 230 g/mol. The Morgan fingerprint density at radius 3 is 2.73 bits per heavy atom. The van der Waals surface area contributed by atoms with Crippen molar-refractivity contribution in [2.24, 2.45) is 5.92 Å². The lowest BCUT2D eigenvalue weighted by Gasteiger charge is -2.03. The van der Waals surface area contributed by atoms with Crippen LogP contribution in [0.1, 0.15) is 32.5 Å². The van der Waals surface area contributed by atoms with E-state index in [1.54, 1.807) is 11.8 Å². The van der Waals surface area contributed by atoms with Crippen molar-refractivity contribution >= 4 is 11.8 Å². The summed E-state index contributed by atoms with van der Waals surface area (Å²) < 4.78 is 5.10. The molecule has 5 heteroatoms. The van der Waals surface area contributed by atoms with E-state index in [0.29, 0.717) is 17.6 Å². The second kappa shape index (κ2) is 6.12. The molecule has 86 valence electrons. The first-order valence-corrected chi connectivity index (χ1v) is 6.20. The molecule has 0 aromatic carbocycles. The van der Waals surface area contributed by atoms with Crippen LogP contribution < -0.4 is 0 Å². The molecule has 1 rings (SSSR count). The molecule has 0 amide bonds. The van der Waals surface area contributed by atoms with E-state index in [-0.39, 0.29) is 11.9 Å². The maximum atomic E-state index is 8.85. The number of aliphatic hydroxyl groups is 1. The minimum Gasteiger partial charge on any atom is -0.395 e. The molecule has 1 unspecified atom stereocenters. The van der Waals surface area contributed by atoms with E-state index < -0.39 is 0 Å². The van der Waals surface area contributed by atoms with E-state index in [4.69, 9.17) is 9.63 Å². The minimum atomic E-state index is 0.182. The van der Waals surface area contributed by atoms with Crippen molar-refractivity contribution in [2.45, 2.75) is 38.2 Å². The summed E-state index contributed by atoms with van der Waals surface area (Å²) in [7, 11) is 0. The molecule has 1 N–H and O–H groups in total. The molecule has 0 saturated heterocycles. The summed E-state index contributed by atoms with van der Waals surface area (Å²) >= 11 is 1.63. The van der Waals surface area contributed by atoms with Gasteiger partial charge in [0.1, 0.15) is 0 Å². The summed E-state index contributed by atoms with van der Waals surface area (Å²) in [6, 6.07) is 0. The largest absolute Gasteiger partial charge is 0.395 e. The Kier molecular flexibility index (Phi) is 5.11. The van der Waals surface area contributed by atoms with Crippen LogP contribution >= 0.6 is 11.8 Å². The zero-order valence-electron chi connectivity index (χ0n) is 9.43. The van der Waals surface area contributed by atoms with Crippen molar-refractivity contribution in [2.75, 3.05) is 6.61 Å². The van der Waals surface area contributed by atoms with E-state index in [1.807, 2.05) is 6.92 Å². The van der Waals surface area contributed by atoms with Crippen LogP contribution in [0.4, 0.5) is 0 Å². The molecular formula is C10H18N2O2S. The van der Waals surface area contributed by atoms with Crippen LogP contribution in [0, 0.1) is 5.92 Å². The highest BCUT2D eigenvalue weighted by Crippen LogP contribution is 2.15. The SMILES string of the molecule is CC(C)Cc1nc(CSC(C)CO)no1. The lowest BCUT2D eigenvalue weighted by atomic mass is 10.1. The second-order valence-electron chi connectivity index (χ2n) is 4.01. The number of aromatic nitrogens is 2. The quantitative estimate of drug-likeness (QED) is 0.808. The number of aliphatic hydroxyl groups excluding tert-OH is 1. The van der Waals surface area contributed by atoms with Gasteiger partial charge in [0.25, 0.3) is 0 Å². The highest BCUT2D eigenvalue weighted by atomic mass is 32.2. The molecule has 0 saturated carbocycles. The third-order valence-corrected chi connectivity index (χ3v) is 2.99. The monoisotopic (exact) mass is 230 g/mol. The first kappa shape index (κ1) is 12.5. The number of hydrogen-bond donors (Lipinski definition) is 1. The van der Waals surface area contributed by atoms with E-state index in [2.05, 4.69) is 24.0 Å². The maximum absolute atomic E-state index is 8.85. The number of rotatable bonds is 6. The maximum Gasteiger partial charge on any atom is 0.226 e. The van der Waals surface area contributed by atoms with Crippen LogP contribution in [0.5, 0.6) is 0 Å². The molecule has 0 spiro atoms. The fourth-order valence-corrected chi connectivity index (χ4v) is 1.71. The molecule has 0 radical (unpaired) electrons. The van der Waals surface area contributed by atoms with E-state index in [1.165, 1.54) is 0 Å². The van der Waals surface area contributed by atoms with E-state index in [0.717, 1.165) is 12.2 Å². The standard InChI is InChI=1S/C10H18N2O2S/c1-7(2)4-10-11-9(12-14-10)6-15-8(3)5-13/h7-8,13H,4-6H2,1-3H3. The normalized spacial score (nSPS) is 13.4. The predicted molar refractivity (Wildman–Crippen MR) is 60.7 cm³/mol. The summed E-state index contributed by atoms with van der Waals surface area (Å²) in [5.74, 6) is 2.65. The van der Waals surface area contributed by atoms with Crippen LogP contribution in [0.3, 0.4) is 0 Å². The van der Waals surface area contributed by atoms with Gasteiger partial charge in [-0.05, 0) is 5.92 Å². The third-order valence-electron chi connectivity index (χ3n) is 1.85. The van der Waals surface area contributed by atoms with Gasteiger partial charge in [-0.3, -0.25) is 0 Å². The second-order valence-corrected chi connectivity index (χ2v) is 5.43. The van der Waals surface area contributed by atoms with Crippen LogP contribution in [-0.4, -0.2) is 27.1 Å². The fourth-order valence-electron chi connectivity index (χ4n) is 1.05. The molecule has 0 aliphatic rings. The third kappa shape index (κ3) is 4.66. The van der Waals surface area contributed by atoms with Gasteiger partial charge < -0.3 is 9.63 Å². The first-order valence-electron chi connectivity index (χ1n) is 5.15. The summed E-state index contributed by atoms with van der Waals surface area (Å²) in [6.07, 6.45) is 0.827. The van der Waals surface area contributed by atoms with Crippen LogP contribution in [-0.2, 0) is 12.2 Å². The molecule has 0 aliphatic carbocycles. The number of thioether (sulfide) groups is 1. The Morgan fingerprint density at radius 1 is 1.40 bits per heavy atom. The van der Waals surface area contributed by atoms with Crippen LogP contribution in [0.25, 0.3) is 0 Å². The van der Waals surface area contributed by atoms with Gasteiger partial charge in [0.2, 0.25) is 5.89 Å². The predicted octanol–water partition coefficient (Wildman–Crippen LogP) is 1.88. The molecule has 4 nitrogen and oxygen atoms in total. The minimum absolute atomic E-state index is 0.182. The fraction of sp³-hybridized carbons (Fsp3) is 0.800. The molecule has 0 fully saturated rings. The zero-order valence-corrected chi connectivity index (χ0v) is 10.3. The highest BCUT2D eigenvalue weighted by Gasteiger charge is 2.09. The van der Waals surface area contributed by atoms with E-state index in [9.17, 15) is 0 Å². The van der Waals surface area contributed by atoms with Crippen LogP contribution in [0.15, 0.2) is 4.52 Å². The lowest BCUT2D eigenvalue weighted by Crippen LogP contribution is -2.02. The lowest BCUT2D eigenvalue weighted by molar-refractivity contribution is 0.300. The first-order chi connectivity index (χ1) is 7.11. The summed E-state index contributed by atoms with van der Waals surface area (Å²) in [4.78, 5) is 4.28. The van der Waals surface area contributed by atoms with Crippen molar-refractivity contribution in [3.05, 3.63) is 11.7 Å². The van der Waals surface area contributed by atoms with Gasteiger partial charge in [-0.25, -0.2) is 0 Å². The van der Waals surface area contributed by atoms with Gasteiger partial charge in [-0.15, -0.1) is 11.8 Å². The Morgan fingerprint density at radius 2 is 2.13 bits per heavy atom. The molecule has 1 atom stereocenters. The Hall–Kier alpha value is -0.550. The number of nitrogens with zero attached hydrogens (tertiary/aromatic N) is 2. The van der Waals surface area contributed by atoms with Gasteiger partial charge in [0.05, 0.1) is 12.4 Å². The van der Waals surface area contributed by atoms with E-state index >= 15 is 0 Å². The molecule has 0 aliphatic heterocycles. The van der Waals surface area contributed by atoms with Gasteiger partial charge in [0, 0.05) is 11.7 Å². The molecule has 1 aromatic rings. The average Bonchev–Trinajstić information content (AvgIpc) is 2.61. The summed E-state index contributed by atoms with van der Waals surface area (Å²) in [5.41, 5.74) is 0. The smallest absolute Gasteiger partial charge is 0.226 e. The Balaban J connectivity index is 2.39. The van der Waals surface area contributed by atoms with Crippen LogP contribution in [0.2, 0.25) is 0 Å². The molecular weight excluding hydrogens is 212 g/mol. The summed E-state index contributed by atoms with van der Waals surface area (Å²) in [5, 5.41) is 13.0. The van der Waals surface area contributed by atoms with Crippen molar-refractivity contribution in [3.8, 4) is 0 Å². The Bertz CT molecular complexity index is 289. The number of hydrogen-bond acceptors (Lipinski definition) is 5. The molecule has 15 heavy (non-hydrogen) atoms. The van der Waals surface area contributed by atoms with Crippen molar-refractivity contribution in [1.82, 2.24) is 10.1 Å². The van der Waals surface area contributed by atoms with Gasteiger partial charge >= 0.3 is 0 Å². The van der Waals surface area contributed by atoms with Crippen molar-refractivity contribution in [1.29, 1.82) is 0 Å². The molecule has 0 bridgehead atoms. The van der Waals surface area contributed by atoms with Gasteiger partial charge in [-0.1, -0.05) is 25.9 Å². The van der Waals surface area contributed by atoms with Gasteiger partial charge in [-0.2, -0.15) is 4.98 Å². The van der Waals surface area contributed by atoms with Crippen molar-refractivity contribution < 1.29 is 9.63 Å². The molecule has 1 heterocycles. The highest BCUT2D eigenvalue weighted by molar-refractivity contribution is 7.99.